The van der Waals surface area contributed by atoms with E-state index in [9.17, 15) is 14.4 Å². The van der Waals surface area contributed by atoms with Crippen LogP contribution in [0.25, 0.3) is 0 Å². The lowest BCUT2D eigenvalue weighted by molar-refractivity contribution is -0.137. The fourth-order valence-electron chi connectivity index (χ4n) is 5.39. The number of piperidine rings is 2. The average molecular weight is 448 g/mol. The molecule has 0 bridgehead atoms. The number of carbonyl (C=O) groups is 1. The maximum Gasteiger partial charge on any atom is 0.332 e. The Morgan fingerprint density at radius 2 is 1.78 bits per heavy atom. The number of anilines is 1. The summed E-state index contributed by atoms with van der Waals surface area (Å²) in [4.78, 5) is 45.0. The van der Waals surface area contributed by atoms with E-state index < -0.39 is 0 Å². The first-order chi connectivity index (χ1) is 15.5. The number of aromatic nitrogens is 2. The fraction of sp³-hybridized carbons (Fsp3) is 0.783. The van der Waals surface area contributed by atoms with Gasteiger partial charge in [0.2, 0.25) is 5.91 Å². The van der Waals surface area contributed by atoms with Crippen molar-refractivity contribution in [1.82, 2.24) is 18.9 Å². The van der Waals surface area contributed by atoms with E-state index in [-0.39, 0.29) is 23.1 Å². The van der Waals surface area contributed by atoms with E-state index in [1.54, 1.807) is 10.6 Å². The number of carbonyl (C=O) groups excluding carboxylic acids is 1. The number of ether oxygens (including phenoxy) is 1. The van der Waals surface area contributed by atoms with Gasteiger partial charge in [-0.05, 0) is 32.1 Å². The molecule has 3 saturated heterocycles. The second-order valence-corrected chi connectivity index (χ2v) is 9.32. The highest BCUT2D eigenvalue weighted by Crippen LogP contribution is 2.26. The van der Waals surface area contributed by atoms with Crippen LogP contribution in [0.15, 0.2) is 15.7 Å². The van der Waals surface area contributed by atoms with Gasteiger partial charge in [0.1, 0.15) is 5.82 Å². The van der Waals surface area contributed by atoms with Crippen LogP contribution in [-0.4, -0.2) is 83.4 Å². The minimum Gasteiger partial charge on any atom is -0.379 e. The van der Waals surface area contributed by atoms with Gasteiger partial charge < -0.3 is 14.5 Å². The highest BCUT2D eigenvalue weighted by atomic mass is 16.5. The van der Waals surface area contributed by atoms with Crippen LogP contribution in [0, 0.1) is 5.92 Å². The van der Waals surface area contributed by atoms with E-state index in [0.29, 0.717) is 24.9 Å². The number of hydrogen-bond acceptors (Lipinski definition) is 6. The summed E-state index contributed by atoms with van der Waals surface area (Å²) in [5, 5.41) is 0. The first kappa shape index (κ1) is 23.0. The van der Waals surface area contributed by atoms with Gasteiger partial charge in [-0.2, -0.15) is 0 Å². The van der Waals surface area contributed by atoms with Gasteiger partial charge in [-0.3, -0.25) is 23.6 Å². The number of morpholine rings is 1. The Morgan fingerprint density at radius 3 is 2.47 bits per heavy atom. The Balaban J connectivity index is 1.42. The van der Waals surface area contributed by atoms with Gasteiger partial charge in [0, 0.05) is 65.0 Å². The molecule has 3 aliphatic rings. The molecule has 1 unspecified atom stereocenters. The molecule has 1 amide bonds. The zero-order valence-electron chi connectivity index (χ0n) is 19.5. The summed E-state index contributed by atoms with van der Waals surface area (Å²) in [6, 6.07) is 2.10. The van der Waals surface area contributed by atoms with Crippen LogP contribution in [0.3, 0.4) is 0 Å². The highest BCUT2D eigenvalue weighted by molar-refractivity contribution is 5.80. The molecule has 3 fully saturated rings. The highest BCUT2D eigenvalue weighted by Gasteiger charge is 2.34. The maximum atomic E-state index is 13.3. The van der Waals surface area contributed by atoms with E-state index in [0.717, 1.165) is 82.6 Å². The van der Waals surface area contributed by atoms with Gasteiger partial charge in [0.25, 0.3) is 5.56 Å². The summed E-state index contributed by atoms with van der Waals surface area (Å²) in [6.07, 6.45) is 4.59. The number of likely N-dealkylation sites (tertiary alicyclic amines) is 1. The standard InChI is InChI=1S/C23H37N5O4/c1-3-8-28-20(16-21(29)24(2)23(28)31)27-9-4-5-18(17-27)22(30)26-10-6-19(7-11-26)25-12-14-32-15-13-25/h16,18-19H,3-15,17H2,1-2H3. The minimum atomic E-state index is -0.295. The fourth-order valence-corrected chi connectivity index (χ4v) is 5.39. The van der Waals surface area contributed by atoms with Crippen molar-refractivity contribution in [2.75, 3.05) is 57.4 Å². The number of hydrogen-bond donors (Lipinski definition) is 0. The lowest BCUT2D eigenvalue weighted by Gasteiger charge is -2.42. The van der Waals surface area contributed by atoms with E-state index >= 15 is 0 Å². The Morgan fingerprint density at radius 1 is 1.06 bits per heavy atom. The van der Waals surface area contributed by atoms with Crippen molar-refractivity contribution in [2.24, 2.45) is 13.0 Å². The Bertz CT molecular complexity index is 912. The van der Waals surface area contributed by atoms with Crippen molar-refractivity contribution in [1.29, 1.82) is 0 Å². The summed E-state index contributed by atoms with van der Waals surface area (Å²) in [7, 11) is 1.52. The van der Waals surface area contributed by atoms with Gasteiger partial charge in [-0.15, -0.1) is 0 Å². The molecule has 0 N–H and O–H groups in total. The van der Waals surface area contributed by atoms with E-state index in [2.05, 4.69) is 9.80 Å². The molecule has 9 heteroatoms. The van der Waals surface area contributed by atoms with Gasteiger partial charge >= 0.3 is 5.69 Å². The number of nitrogens with zero attached hydrogens (tertiary/aromatic N) is 5. The first-order valence-electron chi connectivity index (χ1n) is 12.2. The molecule has 4 heterocycles. The second kappa shape index (κ2) is 10.2. The summed E-state index contributed by atoms with van der Waals surface area (Å²) in [5.41, 5.74) is -0.580. The van der Waals surface area contributed by atoms with Gasteiger partial charge in [0.15, 0.2) is 0 Å². The molecular weight excluding hydrogens is 410 g/mol. The molecule has 9 nitrogen and oxygen atoms in total. The van der Waals surface area contributed by atoms with Crippen molar-refractivity contribution in [3.05, 3.63) is 26.9 Å². The SMILES string of the molecule is CCCn1c(N2CCCC(C(=O)N3CCC(N4CCOCC4)CC3)C2)cc(=O)n(C)c1=O. The molecule has 0 spiro atoms. The van der Waals surface area contributed by atoms with E-state index in [1.807, 2.05) is 11.8 Å². The van der Waals surface area contributed by atoms with E-state index in [4.69, 9.17) is 4.74 Å². The smallest absolute Gasteiger partial charge is 0.332 e. The largest absolute Gasteiger partial charge is 0.379 e. The molecule has 32 heavy (non-hydrogen) atoms. The normalized spacial score (nSPS) is 23.5. The minimum absolute atomic E-state index is 0.0853. The van der Waals surface area contributed by atoms with Crippen molar-refractivity contribution < 1.29 is 9.53 Å². The zero-order valence-corrected chi connectivity index (χ0v) is 19.5. The van der Waals surface area contributed by atoms with Crippen LogP contribution in [0.4, 0.5) is 5.82 Å². The van der Waals surface area contributed by atoms with Crippen LogP contribution in [0.1, 0.15) is 39.0 Å². The van der Waals surface area contributed by atoms with Crippen LogP contribution in [-0.2, 0) is 23.1 Å². The monoisotopic (exact) mass is 447 g/mol. The van der Waals surface area contributed by atoms with Crippen LogP contribution in [0.2, 0.25) is 0 Å². The lowest BCUT2D eigenvalue weighted by Crippen LogP contribution is -2.52. The Labute approximate surface area is 189 Å². The van der Waals surface area contributed by atoms with Crippen molar-refractivity contribution >= 4 is 11.7 Å². The quantitative estimate of drug-likeness (QED) is 0.654. The predicted octanol–water partition coefficient (Wildman–Crippen LogP) is 0.497. The van der Waals surface area contributed by atoms with Crippen LogP contribution >= 0.6 is 0 Å². The van der Waals surface area contributed by atoms with Gasteiger partial charge in [0.05, 0.1) is 19.1 Å². The first-order valence-corrected chi connectivity index (χ1v) is 12.2. The van der Waals surface area contributed by atoms with E-state index in [1.165, 1.54) is 7.05 Å². The van der Waals surface area contributed by atoms with Crippen molar-refractivity contribution in [3.63, 3.8) is 0 Å². The molecule has 0 saturated carbocycles. The third kappa shape index (κ3) is 4.78. The maximum absolute atomic E-state index is 13.3. The Hall–Kier alpha value is -2.13. The molecule has 1 atom stereocenters. The zero-order chi connectivity index (χ0) is 22.7. The molecule has 0 radical (unpaired) electrons. The Kier molecular flexibility index (Phi) is 7.35. The van der Waals surface area contributed by atoms with Gasteiger partial charge in [-0.25, -0.2) is 4.79 Å². The predicted molar refractivity (Wildman–Crippen MR) is 123 cm³/mol. The summed E-state index contributed by atoms with van der Waals surface area (Å²) >= 11 is 0. The molecule has 0 aromatic carbocycles. The molecule has 4 rings (SSSR count). The topological polar surface area (TPSA) is 80.0 Å². The summed E-state index contributed by atoms with van der Waals surface area (Å²) in [6.45, 7) is 9.13. The average Bonchev–Trinajstić information content (AvgIpc) is 2.84. The molecule has 3 aliphatic heterocycles. The molecule has 1 aromatic heterocycles. The second-order valence-electron chi connectivity index (χ2n) is 9.32. The van der Waals surface area contributed by atoms with Gasteiger partial charge in [-0.1, -0.05) is 6.92 Å². The third-order valence-corrected chi connectivity index (χ3v) is 7.26. The molecule has 1 aromatic rings. The molecular formula is C23H37N5O4. The van der Waals surface area contributed by atoms with Crippen LogP contribution < -0.4 is 16.1 Å². The molecule has 0 aliphatic carbocycles. The third-order valence-electron chi connectivity index (χ3n) is 7.26. The molecule has 178 valence electrons. The van der Waals surface area contributed by atoms with Crippen molar-refractivity contribution in [2.45, 2.75) is 51.6 Å². The number of rotatable bonds is 5. The van der Waals surface area contributed by atoms with Crippen molar-refractivity contribution in [3.8, 4) is 0 Å². The van der Waals surface area contributed by atoms with Crippen LogP contribution in [0.5, 0.6) is 0 Å². The lowest BCUT2D eigenvalue weighted by atomic mass is 9.94. The summed E-state index contributed by atoms with van der Waals surface area (Å²) in [5.74, 6) is 0.796. The number of amides is 1. The summed E-state index contributed by atoms with van der Waals surface area (Å²) < 4.78 is 8.31.